The summed E-state index contributed by atoms with van der Waals surface area (Å²) in [7, 11) is 1.66. The molecular weight excluding hydrogens is 442 g/mol. The van der Waals surface area contributed by atoms with E-state index < -0.39 is 0 Å². The summed E-state index contributed by atoms with van der Waals surface area (Å²) >= 11 is 1.46. The van der Waals surface area contributed by atoms with E-state index in [2.05, 4.69) is 37.4 Å². The number of hydrogen-bond donors (Lipinski definition) is 1. The number of thioether (sulfide) groups is 1. The Morgan fingerprint density at radius 1 is 0.912 bits per heavy atom. The van der Waals surface area contributed by atoms with Gasteiger partial charge in [0.15, 0.2) is 0 Å². The number of ether oxygens (including phenoxy) is 1. The topological polar surface area (TPSA) is 63.1 Å². The highest BCUT2D eigenvalue weighted by Gasteiger charge is 2.18. The average Bonchev–Trinajstić information content (AvgIpc) is 2.96. The Labute approximate surface area is 205 Å². The van der Waals surface area contributed by atoms with Crippen LogP contribution in [0, 0.1) is 27.7 Å². The summed E-state index contributed by atoms with van der Waals surface area (Å²) in [6.45, 7) is 8.21. The molecule has 0 radical (unpaired) electrons. The summed E-state index contributed by atoms with van der Waals surface area (Å²) in [6.07, 6.45) is 0.556. The second kappa shape index (κ2) is 10.3. The quantitative estimate of drug-likeness (QED) is 0.442. The molecule has 1 aliphatic heterocycles. The van der Waals surface area contributed by atoms with Gasteiger partial charge in [0, 0.05) is 12.1 Å². The monoisotopic (exact) mass is 471 g/mol. The molecule has 5 nitrogen and oxygen atoms in total. The largest absolute Gasteiger partial charge is 0.497 e. The van der Waals surface area contributed by atoms with Gasteiger partial charge in [-0.25, -0.2) is 4.99 Å². The molecule has 1 heterocycles. The van der Waals surface area contributed by atoms with Crippen LogP contribution < -0.4 is 10.1 Å². The van der Waals surface area contributed by atoms with Gasteiger partial charge >= 0.3 is 0 Å². The van der Waals surface area contributed by atoms with Crippen molar-refractivity contribution in [1.82, 2.24) is 0 Å². The third kappa shape index (κ3) is 5.75. The maximum absolute atomic E-state index is 12.7. The third-order valence-corrected chi connectivity index (χ3v) is 6.68. The first-order valence-corrected chi connectivity index (χ1v) is 12.2. The number of hydrogen-bond acceptors (Lipinski definition) is 5. The van der Waals surface area contributed by atoms with Crippen molar-refractivity contribution >= 4 is 45.5 Å². The van der Waals surface area contributed by atoms with Gasteiger partial charge in [-0.1, -0.05) is 6.07 Å². The Hall–Kier alpha value is -3.38. The normalized spacial score (nSPS) is 12.9. The minimum absolute atomic E-state index is 0.0507. The number of methoxy groups -OCH3 is 1. The van der Waals surface area contributed by atoms with Gasteiger partial charge in [0.05, 0.1) is 35.0 Å². The van der Waals surface area contributed by atoms with Gasteiger partial charge in [-0.3, -0.25) is 9.79 Å². The first-order valence-electron chi connectivity index (χ1n) is 11.2. The number of carbonyl (C=O) groups is 1. The van der Waals surface area contributed by atoms with Gasteiger partial charge in [-0.15, -0.1) is 11.8 Å². The molecule has 3 aromatic carbocycles. The van der Waals surface area contributed by atoms with E-state index in [0.717, 1.165) is 50.3 Å². The molecule has 0 unspecified atom stereocenters. The minimum atomic E-state index is -0.0507. The standard InChI is InChI=1S/C28H29N3O2S/c1-17-10-18(2)12-22(11-17)29-27(32)16-34-28-15-24(21-6-8-23(33-5)9-7-21)30-25-13-19(3)20(4)14-26(25)31-28/h6-14H,15-16H2,1-5H3,(H,29,32). The van der Waals surface area contributed by atoms with Crippen LogP contribution in [0.5, 0.6) is 5.75 Å². The van der Waals surface area contributed by atoms with E-state index in [9.17, 15) is 4.79 Å². The second-order valence-corrected chi connectivity index (χ2v) is 9.66. The summed E-state index contributed by atoms with van der Waals surface area (Å²) < 4.78 is 5.30. The lowest BCUT2D eigenvalue weighted by Gasteiger charge is -2.10. The van der Waals surface area contributed by atoms with Gasteiger partial charge in [0.25, 0.3) is 0 Å². The molecule has 0 aliphatic carbocycles. The number of aliphatic imine (C=N–C) groups is 2. The van der Waals surface area contributed by atoms with Crippen molar-refractivity contribution in [3.63, 3.8) is 0 Å². The van der Waals surface area contributed by atoms with Gasteiger partial charge < -0.3 is 10.1 Å². The maximum Gasteiger partial charge on any atom is 0.234 e. The lowest BCUT2D eigenvalue weighted by Crippen LogP contribution is -2.16. The molecule has 4 rings (SSSR count). The molecule has 1 amide bonds. The number of fused-ring (bicyclic) bond motifs is 1. The van der Waals surface area contributed by atoms with Crippen LogP contribution in [0.2, 0.25) is 0 Å². The average molecular weight is 472 g/mol. The summed E-state index contributed by atoms with van der Waals surface area (Å²) in [4.78, 5) is 22.6. The van der Waals surface area contributed by atoms with Gasteiger partial charge in [-0.2, -0.15) is 0 Å². The zero-order valence-corrected chi connectivity index (χ0v) is 21.0. The molecule has 34 heavy (non-hydrogen) atoms. The number of benzene rings is 3. The van der Waals surface area contributed by atoms with E-state index >= 15 is 0 Å². The van der Waals surface area contributed by atoms with Crippen LogP contribution in [-0.2, 0) is 4.79 Å². The maximum atomic E-state index is 12.7. The van der Waals surface area contributed by atoms with Crippen molar-refractivity contribution in [2.75, 3.05) is 18.2 Å². The van der Waals surface area contributed by atoms with Crippen LogP contribution in [0.4, 0.5) is 17.1 Å². The Morgan fingerprint density at radius 3 is 2.15 bits per heavy atom. The summed E-state index contributed by atoms with van der Waals surface area (Å²) in [6, 6.07) is 18.1. The molecule has 0 spiro atoms. The van der Waals surface area contributed by atoms with Crippen LogP contribution in [0.1, 0.15) is 34.2 Å². The summed E-state index contributed by atoms with van der Waals surface area (Å²) in [5, 5.41) is 3.88. The Balaban J connectivity index is 1.58. The SMILES string of the molecule is COc1ccc(C2=Nc3cc(C)c(C)cc3N=C(SCC(=O)Nc3cc(C)cc(C)c3)C2)cc1. The van der Waals surface area contributed by atoms with E-state index in [0.29, 0.717) is 6.42 Å². The third-order valence-electron chi connectivity index (χ3n) is 5.71. The van der Waals surface area contributed by atoms with Crippen molar-refractivity contribution in [2.45, 2.75) is 34.1 Å². The van der Waals surface area contributed by atoms with E-state index in [4.69, 9.17) is 14.7 Å². The second-order valence-electron chi connectivity index (χ2n) is 8.61. The molecule has 0 aromatic heterocycles. The van der Waals surface area contributed by atoms with Gasteiger partial charge in [-0.05, 0) is 104 Å². The molecule has 0 saturated heterocycles. The zero-order chi connectivity index (χ0) is 24.2. The Morgan fingerprint density at radius 2 is 1.53 bits per heavy atom. The van der Waals surface area contributed by atoms with Crippen LogP contribution in [-0.4, -0.2) is 29.5 Å². The number of carbonyl (C=O) groups excluding carboxylic acids is 1. The molecule has 3 aromatic rings. The molecule has 6 heteroatoms. The predicted molar refractivity (Wildman–Crippen MR) is 144 cm³/mol. The summed E-state index contributed by atoms with van der Waals surface area (Å²) in [5.74, 6) is 1.03. The first kappa shape index (κ1) is 23.8. The first-order chi connectivity index (χ1) is 16.3. The van der Waals surface area contributed by atoms with E-state index in [1.54, 1.807) is 7.11 Å². The van der Waals surface area contributed by atoms with E-state index in [1.165, 1.54) is 22.9 Å². The smallest absolute Gasteiger partial charge is 0.234 e. The number of nitrogens with one attached hydrogen (secondary N) is 1. The molecular formula is C28H29N3O2S. The highest BCUT2D eigenvalue weighted by Crippen LogP contribution is 2.36. The van der Waals surface area contributed by atoms with Crippen molar-refractivity contribution in [3.8, 4) is 5.75 Å². The predicted octanol–water partition coefficient (Wildman–Crippen LogP) is 6.86. The van der Waals surface area contributed by atoms with Crippen molar-refractivity contribution in [2.24, 2.45) is 9.98 Å². The van der Waals surface area contributed by atoms with Crippen molar-refractivity contribution < 1.29 is 9.53 Å². The van der Waals surface area contributed by atoms with Crippen LogP contribution in [0.3, 0.4) is 0 Å². The van der Waals surface area contributed by atoms with Crippen LogP contribution in [0.25, 0.3) is 0 Å². The van der Waals surface area contributed by atoms with Crippen LogP contribution in [0.15, 0.2) is 64.6 Å². The molecule has 0 fully saturated rings. The minimum Gasteiger partial charge on any atom is -0.497 e. The molecule has 0 saturated carbocycles. The number of amides is 1. The summed E-state index contributed by atoms with van der Waals surface area (Å²) in [5.41, 5.74) is 9.04. The molecule has 1 aliphatic rings. The van der Waals surface area contributed by atoms with Gasteiger partial charge in [0.2, 0.25) is 5.91 Å². The van der Waals surface area contributed by atoms with Crippen molar-refractivity contribution in [3.05, 3.63) is 82.4 Å². The highest BCUT2D eigenvalue weighted by molar-refractivity contribution is 8.14. The van der Waals surface area contributed by atoms with E-state index in [1.807, 2.05) is 50.2 Å². The molecule has 0 bridgehead atoms. The Bertz CT molecular complexity index is 1270. The molecule has 1 N–H and O–H groups in total. The number of anilines is 1. The van der Waals surface area contributed by atoms with Gasteiger partial charge in [0.1, 0.15) is 5.75 Å². The fourth-order valence-electron chi connectivity index (χ4n) is 3.89. The lowest BCUT2D eigenvalue weighted by atomic mass is 10.1. The molecule has 174 valence electrons. The van der Waals surface area contributed by atoms with Crippen LogP contribution >= 0.6 is 11.8 Å². The number of nitrogens with zero attached hydrogens (tertiary/aromatic N) is 2. The number of rotatable bonds is 5. The Kier molecular flexibility index (Phi) is 7.17. The fraction of sp³-hybridized carbons (Fsp3) is 0.250. The van der Waals surface area contributed by atoms with E-state index in [-0.39, 0.29) is 11.7 Å². The fourth-order valence-corrected chi connectivity index (χ4v) is 4.66. The highest BCUT2D eigenvalue weighted by atomic mass is 32.2. The number of aryl methyl sites for hydroxylation is 4. The van der Waals surface area contributed by atoms with Crippen molar-refractivity contribution in [1.29, 1.82) is 0 Å². The molecule has 0 atom stereocenters. The lowest BCUT2D eigenvalue weighted by molar-refractivity contribution is -0.113. The zero-order valence-electron chi connectivity index (χ0n) is 20.2.